The van der Waals surface area contributed by atoms with Gasteiger partial charge in [0.2, 0.25) is 0 Å². The highest BCUT2D eigenvalue weighted by atomic mass is 32.2. The number of fused-ring (bicyclic) bond motifs is 1. The Bertz CT molecular complexity index is 1200. The van der Waals surface area contributed by atoms with Crippen LogP contribution < -0.4 is 5.46 Å². The molecule has 158 valence electrons. The topological polar surface area (TPSA) is 70.4 Å². The van der Waals surface area contributed by atoms with Crippen molar-refractivity contribution in [1.82, 2.24) is 9.19 Å². The van der Waals surface area contributed by atoms with Gasteiger partial charge in [0.1, 0.15) is 0 Å². The van der Waals surface area contributed by atoms with Crippen LogP contribution in [0, 0.1) is 13.8 Å². The quantitative estimate of drug-likeness (QED) is 0.599. The lowest BCUT2D eigenvalue weighted by Crippen LogP contribution is -2.41. The number of aryl methyl sites for hydroxylation is 1. The SMILES string of the molecule is Cc1cc2c(cnn2S(=O)(=O)Cc2ccccc2)c(B2OC(C)(C)C(C)(C)O2)c1C. The van der Waals surface area contributed by atoms with Crippen molar-refractivity contribution >= 4 is 33.5 Å². The summed E-state index contributed by atoms with van der Waals surface area (Å²) in [5.74, 6) is -0.122. The number of benzene rings is 2. The van der Waals surface area contributed by atoms with E-state index >= 15 is 0 Å². The molecule has 0 radical (unpaired) electrons. The molecule has 0 unspecified atom stereocenters. The Morgan fingerprint density at radius 1 is 1.03 bits per heavy atom. The van der Waals surface area contributed by atoms with Crippen LogP contribution in [0.3, 0.4) is 0 Å². The first kappa shape index (κ1) is 21.1. The van der Waals surface area contributed by atoms with E-state index in [1.807, 2.05) is 65.8 Å². The van der Waals surface area contributed by atoms with Crippen LogP contribution in [-0.2, 0) is 25.1 Å². The summed E-state index contributed by atoms with van der Waals surface area (Å²) >= 11 is 0. The zero-order valence-electron chi connectivity index (χ0n) is 18.3. The van der Waals surface area contributed by atoms with Gasteiger partial charge in [-0.15, -0.1) is 0 Å². The predicted octanol–water partition coefficient (Wildman–Crippen LogP) is 3.33. The third-order valence-corrected chi connectivity index (χ3v) is 7.87. The highest BCUT2D eigenvalue weighted by Crippen LogP contribution is 2.37. The van der Waals surface area contributed by atoms with Crippen LogP contribution in [0.4, 0.5) is 0 Å². The maximum atomic E-state index is 13.1. The zero-order chi connectivity index (χ0) is 21.9. The van der Waals surface area contributed by atoms with E-state index in [0.29, 0.717) is 5.52 Å². The maximum absolute atomic E-state index is 13.1. The summed E-state index contributed by atoms with van der Waals surface area (Å²) in [6, 6.07) is 11.0. The van der Waals surface area contributed by atoms with E-state index in [1.165, 1.54) is 0 Å². The molecular weight excluding hydrogens is 399 g/mol. The fourth-order valence-electron chi connectivity index (χ4n) is 3.74. The van der Waals surface area contributed by atoms with E-state index in [4.69, 9.17) is 9.31 Å². The minimum atomic E-state index is -3.69. The van der Waals surface area contributed by atoms with Gasteiger partial charge in [0.15, 0.2) is 0 Å². The molecule has 30 heavy (non-hydrogen) atoms. The Kier molecular flexibility index (Phi) is 4.88. The molecule has 1 saturated heterocycles. The van der Waals surface area contributed by atoms with Crippen molar-refractivity contribution in [1.29, 1.82) is 0 Å². The van der Waals surface area contributed by atoms with Crippen LogP contribution in [0.25, 0.3) is 10.9 Å². The van der Waals surface area contributed by atoms with Gasteiger partial charge in [-0.3, -0.25) is 0 Å². The summed E-state index contributed by atoms with van der Waals surface area (Å²) < 4.78 is 40.0. The minimum Gasteiger partial charge on any atom is -0.399 e. The van der Waals surface area contributed by atoms with Gasteiger partial charge >= 0.3 is 7.12 Å². The fraction of sp³-hybridized carbons (Fsp3) is 0.409. The van der Waals surface area contributed by atoms with Gasteiger partial charge in [0, 0.05) is 5.39 Å². The largest absolute Gasteiger partial charge is 0.495 e. The van der Waals surface area contributed by atoms with Crippen LogP contribution in [0.15, 0.2) is 42.6 Å². The second-order valence-electron chi connectivity index (χ2n) is 8.98. The molecule has 0 amide bonds. The number of aromatic nitrogens is 2. The Balaban J connectivity index is 1.84. The molecule has 4 rings (SSSR count). The lowest BCUT2D eigenvalue weighted by molar-refractivity contribution is 0.00578. The molecule has 0 spiro atoms. The van der Waals surface area contributed by atoms with E-state index in [1.54, 1.807) is 18.3 Å². The summed E-state index contributed by atoms with van der Waals surface area (Å²) in [6.07, 6.45) is 1.60. The summed E-state index contributed by atoms with van der Waals surface area (Å²) in [4.78, 5) is 0. The molecule has 2 heterocycles. The molecule has 3 aromatic rings. The molecule has 1 aliphatic rings. The monoisotopic (exact) mass is 426 g/mol. The van der Waals surface area contributed by atoms with Crippen LogP contribution >= 0.6 is 0 Å². The van der Waals surface area contributed by atoms with E-state index in [-0.39, 0.29) is 5.75 Å². The van der Waals surface area contributed by atoms with Crippen LogP contribution in [0.5, 0.6) is 0 Å². The van der Waals surface area contributed by atoms with Crippen LogP contribution in [0.1, 0.15) is 44.4 Å². The maximum Gasteiger partial charge on any atom is 0.495 e. The minimum absolute atomic E-state index is 0.122. The summed E-state index contributed by atoms with van der Waals surface area (Å²) in [7, 11) is -4.28. The summed E-state index contributed by atoms with van der Waals surface area (Å²) in [5, 5.41) is 5.00. The van der Waals surface area contributed by atoms with Gasteiger partial charge in [0.05, 0.1) is 28.7 Å². The number of rotatable bonds is 4. The molecule has 8 heteroatoms. The third kappa shape index (κ3) is 3.37. The molecule has 0 N–H and O–H groups in total. The van der Waals surface area contributed by atoms with Gasteiger partial charge in [-0.05, 0) is 69.8 Å². The highest BCUT2D eigenvalue weighted by molar-refractivity contribution is 7.89. The molecule has 0 aliphatic carbocycles. The molecule has 0 saturated carbocycles. The average molecular weight is 426 g/mol. The van der Waals surface area contributed by atoms with Crippen molar-refractivity contribution in [2.24, 2.45) is 0 Å². The molecule has 0 bridgehead atoms. The number of hydrogen-bond acceptors (Lipinski definition) is 5. The van der Waals surface area contributed by atoms with Crippen molar-refractivity contribution in [3.8, 4) is 0 Å². The Labute approximate surface area is 178 Å². The second kappa shape index (κ2) is 6.94. The predicted molar refractivity (Wildman–Crippen MR) is 119 cm³/mol. The zero-order valence-corrected chi connectivity index (χ0v) is 19.1. The van der Waals surface area contributed by atoms with Crippen molar-refractivity contribution in [2.75, 3.05) is 0 Å². The van der Waals surface area contributed by atoms with Crippen molar-refractivity contribution in [3.05, 3.63) is 59.3 Å². The van der Waals surface area contributed by atoms with Crippen molar-refractivity contribution in [3.63, 3.8) is 0 Å². The average Bonchev–Trinajstić information content (AvgIpc) is 3.14. The molecule has 6 nitrogen and oxygen atoms in total. The first-order valence-electron chi connectivity index (χ1n) is 10.0. The third-order valence-electron chi connectivity index (χ3n) is 6.36. The van der Waals surface area contributed by atoms with Gasteiger partial charge in [-0.1, -0.05) is 30.3 Å². The summed E-state index contributed by atoms with van der Waals surface area (Å²) in [6.45, 7) is 12.0. The van der Waals surface area contributed by atoms with E-state index < -0.39 is 28.3 Å². The molecule has 1 aliphatic heterocycles. The van der Waals surface area contributed by atoms with Crippen molar-refractivity contribution < 1.29 is 17.7 Å². The summed E-state index contributed by atoms with van der Waals surface area (Å²) in [5.41, 5.74) is 3.09. The second-order valence-corrected chi connectivity index (χ2v) is 10.8. The van der Waals surface area contributed by atoms with E-state index in [0.717, 1.165) is 31.6 Å². The number of hydrogen-bond donors (Lipinski definition) is 0. The molecular formula is C22H27BN2O4S. The lowest BCUT2D eigenvalue weighted by atomic mass is 9.73. The first-order chi connectivity index (χ1) is 13.9. The number of nitrogens with zero attached hydrogens (tertiary/aromatic N) is 2. The van der Waals surface area contributed by atoms with Gasteiger partial charge < -0.3 is 9.31 Å². The Morgan fingerprint density at radius 3 is 2.23 bits per heavy atom. The highest BCUT2D eigenvalue weighted by Gasteiger charge is 2.52. The lowest BCUT2D eigenvalue weighted by Gasteiger charge is -2.32. The Hall–Kier alpha value is -2.16. The van der Waals surface area contributed by atoms with E-state index in [9.17, 15) is 8.42 Å². The normalized spacial score (nSPS) is 18.3. The molecule has 1 aromatic heterocycles. The molecule has 1 fully saturated rings. The van der Waals surface area contributed by atoms with Gasteiger partial charge in [-0.25, -0.2) is 8.42 Å². The van der Waals surface area contributed by atoms with Gasteiger partial charge in [-0.2, -0.15) is 9.19 Å². The smallest absolute Gasteiger partial charge is 0.399 e. The molecule has 0 atom stereocenters. The van der Waals surface area contributed by atoms with E-state index in [2.05, 4.69) is 5.10 Å². The van der Waals surface area contributed by atoms with Crippen LogP contribution in [0.2, 0.25) is 0 Å². The molecule has 2 aromatic carbocycles. The Morgan fingerprint density at radius 2 is 1.63 bits per heavy atom. The van der Waals surface area contributed by atoms with Crippen LogP contribution in [-0.4, -0.2) is 35.9 Å². The fourth-order valence-corrected chi connectivity index (χ4v) is 5.12. The van der Waals surface area contributed by atoms with Crippen molar-refractivity contribution in [2.45, 2.75) is 58.5 Å². The standard InChI is InChI=1S/C22H27BN2O4S/c1-15-12-19-18(20(16(15)2)23-28-21(3,4)22(5,6)29-23)13-24-25(19)30(26,27)14-17-10-8-7-9-11-17/h7-13H,14H2,1-6H3. The van der Waals surface area contributed by atoms with Gasteiger partial charge in [0.25, 0.3) is 10.0 Å². The first-order valence-corrected chi connectivity index (χ1v) is 11.6.